The van der Waals surface area contributed by atoms with Gasteiger partial charge in [-0.05, 0) is 62.9 Å². The second-order valence-electron chi connectivity index (χ2n) is 7.36. The Kier molecular flexibility index (Phi) is 5.17. The van der Waals surface area contributed by atoms with Crippen LogP contribution < -0.4 is 5.73 Å². The molecule has 0 aromatic carbocycles. The van der Waals surface area contributed by atoms with Crippen molar-refractivity contribution in [3.63, 3.8) is 0 Å². The van der Waals surface area contributed by atoms with Gasteiger partial charge in [-0.15, -0.1) is 0 Å². The summed E-state index contributed by atoms with van der Waals surface area (Å²) in [5, 5.41) is 0. The molecule has 4 nitrogen and oxygen atoms in total. The summed E-state index contributed by atoms with van der Waals surface area (Å²) in [6.45, 7) is 5.90. The van der Waals surface area contributed by atoms with Crippen molar-refractivity contribution in [2.75, 3.05) is 39.3 Å². The van der Waals surface area contributed by atoms with E-state index in [9.17, 15) is 4.79 Å². The first kappa shape index (κ1) is 15.3. The summed E-state index contributed by atoms with van der Waals surface area (Å²) in [5.74, 6) is 2.96. The molecule has 3 rings (SSSR count). The van der Waals surface area contributed by atoms with Gasteiger partial charge in [-0.1, -0.05) is 6.42 Å². The summed E-state index contributed by atoms with van der Waals surface area (Å²) in [6, 6.07) is 0. The van der Waals surface area contributed by atoms with E-state index in [0.717, 1.165) is 63.9 Å². The number of rotatable bonds is 6. The second kappa shape index (κ2) is 7.10. The number of piperazine rings is 1. The number of hydrogen-bond acceptors (Lipinski definition) is 3. The Morgan fingerprint density at radius 2 is 1.86 bits per heavy atom. The third kappa shape index (κ3) is 3.78. The van der Waals surface area contributed by atoms with Crippen molar-refractivity contribution in [3.8, 4) is 0 Å². The maximum absolute atomic E-state index is 12.5. The first-order valence-corrected chi connectivity index (χ1v) is 8.96. The summed E-state index contributed by atoms with van der Waals surface area (Å²) < 4.78 is 0. The van der Waals surface area contributed by atoms with Gasteiger partial charge < -0.3 is 10.6 Å². The molecule has 0 spiro atoms. The van der Waals surface area contributed by atoms with E-state index in [2.05, 4.69) is 9.80 Å². The fraction of sp³-hybridized carbons (Fsp3) is 0.941. The Balaban J connectivity index is 1.37. The van der Waals surface area contributed by atoms with E-state index in [1.54, 1.807) is 0 Å². The second-order valence-corrected chi connectivity index (χ2v) is 7.36. The van der Waals surface area contributed by atoms with Crippen LogP contribution in [0, 0.1) is 17.8 Å². The Hall–Kier alpha value is -0.610. The molecule has 4 heteroatoms. The fourth-order valence-corrected chi connectivity index (χ4v) is 4.68. The highest BCUT2D eigenvalue weighted by Gasteiger charge is 2.40. The minimum atomic E-state index is 0.425. The summed E-state index contributed by atoms with van der Waals surface area (Å²) in [5.41, 5.74) is 5.54. The Bertz CT molecular complexity index is 352. The number of carbonyl (C=O) groups excluding carboxylic acids is 1. The van der Waals surface area contributed by atoms with Crippen LogP contribution in [0.1, 0.15) is 44.9 Å². The number of unbranched alkanes of at least 4 members (excludes halogenated alkanes) is 1. The van der Waals surface area contributed by atoms with Gasteiger partial charge in [0.15, 0.2) is 0 Å². The maximum Gasteiger partial charge on any atom is 0.222 e. The van der Waals surface area contributed by atoms with Gasteiger partial charge in [0.1, 0.15) is 0 Å². The molecule has 1 heterocycles. The first-order valence-electron chi connectivity index (χ1n) is 8.96. The molecular formula is C17H31N3O. The van der Waals surface area contributed by atoms with Crippen molar-refractivity contribution < 1.29 is 4.79 Å². The SMILES string of the molecule is NCCCCN1CCN(C(=O)CC2CC3CCC2C3)CC1. The van der Waals surface area contributed by atoms with Gasteiger partial charge in [-0.25, -0.2) is 0 Å². The number of fused-ring (bicyclic) bond motifs is 2. The van der Waals surface area contributed by atoms with Gasteiger partial charge in [0, 0.05) is 32.6 Å². The van der Waals surface area contributed by atoms with E-state index in [-0.39, 0.29) is 0 Å². The zero-order valence-electron chi connectivity index (χ0n) is 13.3. The summed E-state index contributed by atoms with van der Waals surface area (Å²) in [6.07, 6.45) is 8.68. The Morgan fingerprint density at radius 1 is 1.05 bits per heavy atom. The third-order valence-corrected chi connectivity index (χ3v) is 5.97. The summed E-state index contributed by atoms with van der Waals surface area (Å²) >= 11 is 0. The van der Waals surface area contributed by atoms with E-state index in [1.807, 2.05) is 0 Å². The predicted molar refractivity (Wildman–Crippen MR) is 84.9 cm³/mol. The highest BCUT2D eigenvalue weighted by atomic mass is 16.2. The van der Waals surface area contributed by atoms with Gasteiger partial charge in [0.2, 0.25) is 5.91 Å². The molecule has 120 valence electrons. The standard InChI is InChI=1S/C17H31N3O/c18-5-1-2-6-19-7-9-20(10-8-19)17(21)13-16-12-14-3-4-15(16)11-14/h14-16H,1-13,18H2. The zero-order valence-corrected chi connectivity index (χ0v) is 13.3. The van der Waals surface area contributed by atoms with Crippen LogP contribution in [0.4, 0.5) is 0 Å². The molecule has 3 atom stereocenters. The molecule has 3 unspecified atom stereocenters. The number of amides is 1. The summed E-state index contributed by atoms with van der Waals surface area (Å²) in [7, 11) is 0. The zero-order chi connectivity index (χ0) is 14.7. The van der Waals surface area contributed by atoms with Crippen molar-refractivity contribution in [2.45, 2.75) is 44.9 Å². The number of nitrogens with two attached hydrogens (primary N) is 1. The van der Waals surface area contributed by atoms with E-state index >= 15 is 0 Å². The van der Waals surface area contributed by atoms with Crippen molar-refractivity contribution in [1.82, 2.24) is 9.80 Å². The molecule has 2 bridgehead atoms. The lowest BCUT2D eigenvalue weighted by atomic mass is 9.86. The minimum Gasteiger partial charge on any atom is -0.340 e. The van der Waals surface area contributed by atoms with Crippen LogP contribution in [0.5, 0.6) is 0 Å². The third-order valence-electron chi connectivity index (χ3n) is 5.97. The van der Waals surface area contributed by atoms with E-state index < -0.39 is 0 Å². The normalized spacial score (nSPS) is 32.8. The monoisotopic (exact) mass is 293 g/mol. The van der Waals surface area contributed by atoms with Gasteiger partial charge in [-0.3, -0.25) is 9.69 Å². The van der Waals surface area contributed by atoms with E-state index in [0.29, 0.717) is 11.8 Å². The Morgan fingerprint density at radius 3 is 2.48 bits per heavy atom. The molecular weight excluding hydrogens is 262 g/mol. The molecule has 3 fully saturated rings. The van der Waals surface area contributed by atoms with Crippen LogP contribution in [0.25, 0.3) is 0 Å². The molecule has 21 heavy (non-hydrogen) atoms. The van der Waals surface area contributed by atoms with Gasteiger partial charge in [-0.2, -0.15) is 0 Å². The highest BCUT2D eigenvalue weighted by molar-refractivity contribution is 5.76. The van der Waals surface area contributed by atoms with Gasteiger partial charge >= 0.3 is 0 Å². The van der Waals surface area contributed by atoms with Gasteiger partial charge in [0.05, 0.1) is 0 Å². The van der Waals surface area contributed by atoms with Crippen molar-refractivity contribution in [1.29, 1.82) is 0 Å². The number of nitrogens with zero attached hydrogens (tertiary/aromatic N) is 2. The summed E-state index contributed by atoms with van der Waals surface area (Å²) in [4.78, 5) is 17.1. The molecule has 2 saturated carbocycles. The average molecular weight is 293 g/mol. The van der Waals surface area contributed by atoms with Crippen molar-refractivity contribution in [2.24, 2.45) is 23.5 Å². The largest absolute Gasteiger partial charge is 0.340 e. The predicted octanol–water partition coefficient (Wildman–Crippen LogP) is 1.70. The maximum atomic E-state index is 12.5. The quantitative estimate of drug-likeness (QED) is 0.758. The minimum absolute atomic E-state index is 0.425. The molecule has 0 radical (unpaired) electrons. The van der Waals surface area contributed by atoms with Crippen LogP contribution >= 0.6 is 0 Å². The number of carbonyl (C=O) groups is 1. The van der Waals surface area contributed by atoms with E-state index in [4.69, 9.17) is 5.73 Å². The molecule has 1 aliphatic heterocycles. The lowest BCUT2D eigenvalue weighted by Crippen LogP contribution is -2.49. The molecule has 3 aliphatic rings. The van der Waals surface area contributed by atoms with Crippen molar-refractivity contribution in [3.05, 3.63) is 0 Å². The molecule has 2 aliphatic carbocycles. The molecule has 0 aromatic heterocycles. The van der Waals surface area contributed by atoms with Gasteiger partial charge in [0.25, 0.3) is 0 Å². The Labute approximate surface area is 129 Å². The lowest BCUT2D eigenvalue weighted by Gasteiger charge is -2.35. The number of hydrogen-bond donors (Lipinski definition) is 1. The molecule has 1 saturated heterocycles. The molecule has 2 N–H and O–H groups in total. The molecule has 0 aromatic rings. The molecule has 1 amide bonds. The van der Waals surface area contributed by atoms with Crippen LogP contribution in [0.15, 0.2) is 0 Å². The first-order chi connectivity index (χ1) is 10.3. The van der Waals surface area contributed by atoms with Crippen LogP contribution in [-0.4, -0.2) is 55.0 Å². The average Bonchev–Trinajstić information content (AvgIpc) is 3.11. The van der Waals surface area contributed by atoms with Crippen molar-refractivity contribution >= 4 is 5.91 Å². The topological polar surface area (TPSA) is 49.6 Å². The van der Waals surface area contributed by atoms with Crippen LogP contribution in [-0.2, 0) is 4.79 Å². The smallest absolute Gasteiger partial charge is 0.222 e. The van der Waals surface area contributed by atoms with E-state index in [1.165, 1.54) is 32.1 Å². The highest BCUT2D eigenvalue weighted by Crippen LogP contribution is 2.49. The fourth-order valence-electron chi connectivity index (χ4n) is 4.68. The van der Waals surface area contributed by atoms with Crippen LogP contribution in [0.2, 0.25) is 0 Å². The lowest BCUT2D eigenvalue weighted by molar-refractivity contribution is -0.134. The van der Waals surface area contributed by atoms with Crippen LogP contribution in [0.3, 0.4) is 0 Å².